The van der Waals surface area contributed by atoms with Crippen LogP contribution in [0.25, 0.3) is 11.3 Å². The van der Waals surface area contributed by atoms with Crippen molar-refractivity contribution in [2.45, 2.75) is 56.8 Å². The number of ether oxygens (including phenoxy) is 2. The molecule has 1 fully saturated rings. The Hall–Kier alpha value is -3.90. The number of aliphatic carboxylic acids is 1. The predicted octanol–water partition coefficient (Wildman–Crippen LogP) is 6.25. The molecule has 0 aliphatic heterocycles. The summed E-state index contributed by atoms with van der Waals surface area (Å²) in [5.41, 5.74) is -3.67. The minimum atomic E-state index is -4.90. The lowest BCUT2D eigenvalue weighted by Crippen LogP contribution is -2.50. The van der Waals surface area contributed by atoms with Gasteiger partial charge in [-0.3, -0.25) is 19.9 Å². The smallest absolute Gasteiger partial charge is 0.401 e. The normalized spacial score (nSPS) is 14.9. The summed E-state index contributed by atoms with van der Waals surface area (Å²) in [5.74, 6) is -1.95. The van der Waals surface area contributed by atoms with Gasteiger partial charge in [0.1, 0.15) is 11.2 Å². The molecule has 1 aliphatic carbocycles. The fourth-order valence-corrected chi connectivity index (χ4v) is 4.52. The van der Waals surface area contributed by atoms with Crippen molar-refractivity contribution in [2.24, 2.45) is 0 Å². The summed E-state index contributed by atoms with van der Waals surface area (Å²) < 4.78 is 69.6. The van der Waals surface area contributed by atoms with E-state index in [4.69, 9.17) is 21.1 Å². The first-order chi connectivity index (χ1) is 20.5. The Bertz CT molecular complexity index is 1560. The van der Waals surface area contributed by atoms with E-state index in [1.54, 1.807) is 13.8 Å². The summed E-state index contributed by atoms with van der Waals surface area (Å²) in [6.45, 7) is 2.76. The van der Waals surface area contributed by atoms with Crippen LogP contribution < -0.4 is 20.1 Å². The molecule has 3 N–H and O–H groups in total. The van der Waals surface area contributed by atoms with Crippen LogP contribution in [-0.2, 0) is 15.7 Å². The number of hydrogen-bond donors (Lipinski definition) is 3. The van der Waals surface area contributed by atoms with Gasteiger partial charge in [-0.05, 0) is 87.7 Å². The molecule has 44 heavy (non-hydrogen) atoms. The van der Waals surface area contributed by atoms with Crippen LogP contribution in [0.2, 0.25) is 5.02 Å². The fraction of sp³-hybridized carbons (Fsp3) is 0.387. The van der Waals surface area contributed by atoms with Gasteiger partial charge in [-0.25, -0.2) is 4.39 Å². The zero-order valence-corrected chi connectivity index (χ0v) is 25.2. The molecular formula is C31H32ClF4N3O5. The van der Waals surface area contributed by atoms with Crippen molar-refractivity contribution in [3.63, 3.8) is 0 Å². The molecule has 0 radical (unpaired) electrons. The van der Waals surface area contributed by atoms with Crippen molar-refractivity contribution in [1.29, 1.82) is 0 Å². The van der Waals surface area contributed by atoms with Crippen molar-refractivity contribution >= 4 is 23.5 Å². The van der Waals surface area contributed by atoms with E-state index in [1.165, 1.54) is 49.6 Å². The first-order valence-corrected chi connectivity index (χ1v) is 14.1. The van der Waals surface area contributed by atoms with E-state index in [-0.39, 0.29) is 39.3 Å². The molecule has 236 valence electrons. The van der Waals surface area contributed by atoms with E-state index in [0.717, 1.165) is 25.8 Å². The molecule has 2 aromatic carbocycles. The summed E-state index contributed by atoms with van der Waals surface area (Å²) in [6, 6.07) is 10.7. The van der Waals surface area contributed by atoms with E-state index in [2.05, 4.69) is 15.6 Å². The summed E-state index contributed by atoms with van der Waals surface area (Å²) in [7, 11) is 1.40. The largest absolute Gasteiger partial charge is 0.493 e. The fourth-order valence-electron chi connectivity index (χ4n) is 4.34. The Morgan fingerprint density at radius 3 is 2.34 bits per heavy atom. The lowest BCUT2D eigenvalue weighted by Gasteiger charge is -2.34. The summed E-state index contributed by atoms with van der Waals surface area (Å²) in [6.07, 6.45) is -3.03. The molecule has 0 saturated heterocycles. The summed E-state index contributed by atoms with van der Waals surface area (Å²) >= 11 is 5.96. The number of carbonyl (C=O) groups excluding carboxylic acids is 1. The summed E-state index contributed by atoms with van der Waals surface area (Å²) in [4.78, 5) is 28.6. The van der Waals surface area contributed by atoms with Crippen molar-refractivity contribution in [3.05, 3.63) is 76.2 Å². The quantitative estimate of drug-likeness (QED) is 0.201. The zero-order valence-electron chi connectivity index (χ0n) is 24.4. The van der Waals surface area contributed by atoms with Gasteiger partial charge >= 0.3 is 12.1 Å². The van der Waals surface area contributed by atoms with Crippen LogP contribution >= 0.6 is 11.6 Å². The molecule has 1 aromatic heterocycles. The summed E-state index contributed by atoms with van der Waals surface area (Å²) in [5, 5.41) is 14.1. The van der Waals surface area contributed by atoms with Crippen LogP contribution in [0.1, 0.15) is 55.2 Å². The average Bonchev–Trinajstić information content (AvgIpc) is 3.79. The Balaban J connectivity index is 1.73. The van der Waals surface area contributed by atoms with Crippen molar-refractivity contribution < 1.29 is 41.7 Å². The second kappa shape index (κ2) is 12.6. The van der Waals surface area contributed by atoms with Crippen LogP contribution in [-0.4, -0.2) is 54.4 Å². The maximum absolute atomic E-state index is 14.9. The SMILES string of the molecule is COc1cc(C(=O)NCC(C)(c2cc(C(C)(C)NCC(=O)O)cc(-c3ccc(F)c(Cl)c3)n2)C(F)(F)F)ccc1OC1CC1. The van der Waals surface area contributed by atoms with Crippen molar-refractivity contribution in [1.82, 2.24) is 15.6 Å². The number of carboxylic acids is 1. The third kappa shape index (κ3) is 7.41. The maximum Gasteiger partial charge on any atom is 0.401 e. The third-order valence-electron chi connectivity index (χ3n) is 7.48. The number of pyridine rings is 1. The molecule has 1 saturated carbocycles. The van der Waals surface area contributed by atoms with Gasteiger partial charge in [-0.1, -0.05) is 11.6 Å². The van der Waals surface area contributed by atoms with Crippen LogP contribution in [0.4, 0.5) is 17.6 Å². The highest BCUT2D eigenvalue weighted by Crippen LogP contribution is 2.42. The third-order valence-corrected chi connectivity index (χ3v) is 7.77. The van der Waals surface area contributed by atoms with Gasteiger partial charge in [0.05, 0.1) is 36.2 Å². The number of aromatic nitrogens is 1. The molecule has 0 spiro atoms. The minimum Gasteiger partial charge on any atom is -0.493 e. The van der Waals surface area contributed by atoms with Crippen LogP contribution in [0.15, 0.2) is 48.5 Å². The lowest BCUT2D eigenvalue weighted by molar-refractivity contribution is -0.184. The molecule has 0 bridgehead atoms. The molecule has 1 atom stereocenters. The van der Waals surface area contributed by atoms with Crippen molar-refractivity contribution in [2.75, 3.05) is 20.2 Å². The number of benzene rings is 2. The Kier molecular flexibility index (Phi) is 9.46. The number of halogens is 5. The molecule has 3 aromatic rings. The predicted molar refractivity (Wildman–Crippen MR) is 156 cm³/mol. The van der Waals surface area contributed by atoms with Gasteiger partial charge in [0, 0.05) is 23.2 Å². The number of alkyl halides is 3. The highest BCUT2D eigenvalue weighted by molar-refractivity contribution is 6.31. The number of nitrogens with one attached hydrogen (secondary N) is 2. The number of amides is 1. The van der Waals surface area contributed by atoms with Crippen molar-refractivity contribution in [3.8, 4) is 22.8 Å². The van der Waals surface area contributed by atoms with Gasteiger partial charge in [-0.15, -0.1) is 0 Å². The standard InChI is InChI=1S/C31H32ClF4N3O5/c1-29(2,38-15-27(40)41)19-13-23(17-5-9-22(33)21(32)11-17)39-26(14-19)30(3,31(34,35)36)16-37-28(42)18-6-10-24(25(12-18)43-4)44-20-7-8-20/h5-6,9-14,20,38H,7-8,15-16H2,1-4H3,(H,37,42)(H,40,41). The Labute approximate surface area is 256 Å². The average molecular weight is 638 g/mol. The molecular weight excluding hydrogens is 606 g/mol. The minimum absolute atomic E-state index is 0.0439. The number of nitrogens with zero attached hydrogens (tertiary/aromatic N) is 1. The van der Waals surface area contributed by atoms with E-state index < -0.39 is 53.6 Å². The molecule has 4 rings (SSSR count). The topological polar surface area (TPSA) is 110 Å². The van der Waals surface area contributed by atoms with Crippen LogP contribution in [0.5, 0.6) is 11.5 Å². The molecule has 1 aliphatic rings. The Morgan fingerprint density at radius 1 is 1.05 bits per heavy atom. The van der Waals surface area contributed by atoms with Crippen LogP contribution in [0.3, 0.4) is 0 Å². The van der Waals surface area contributed by atoms with Gasteiger partial charge in [0.15, 0.2) is 11.5 Å². The molecule has 8 nitrogen and oxygen atoms in total. The molecule has 1 heterocycles. The number of methoxy groups -OCH3 is 1. The molecule has 1 unspecified atom stereocenters. The van der Waals surface area contributed by atoms with Gasteiger partial charge < -0.3 is 19.9 Å². The Morgan fingerprint density at radius 2 is 1.75 bits per heavy atom. The number of rotatable bonds is 12. The number of carbonyl (C=O) groups is 2. The maximum atomic E-state index is 14.9. The van der Waals surface area contributed by atoms with Crippen LogP contribution in [0, 0.1) is 5.82 Å². The number of carboxylic acid groups (broad SMARTS) is 1. The molecule has 13 heteroatoms. The van der Waals surface area contributed by atoms with E-state index in [0.29, 0.717) is 5.75 Å². The van der Waals surface area contributed by atoms with Gasteiger partial charge in [-0.2, -0.15) is 13.2 Å². The first-order valence-electron chi connectivity index (χ1n) is 13.7. The monoisotopic (exact) mass is 637 g/mol. The highest BCUT2D eigenvalue weighted by atomic mass is 35.5. The molecule has 1 amide bonds. The van der Waals surface area contributed by atoms with Gasteiger partial charge in [0.2, 0.25) is 0 Å². The van der Waals surface area contributed by atoms with E-state index >= 15 is 0 Å². The second-order valence-corrected chi connectivity index (χ2v) is 11.7. The van der Waals surface area contributed by atoms with Gasteiger partial charge in [0.25, 0.3) is 5.91 Å². The lowest BCUT2D eigenvalue weighted by atomic mass is 9.82. The zero-order chi connectivity index (χ0) is 32.4. The van der Waals surface area contributed by atoms with E-state index in [9.17, 15) is 32.3 Å². The first kappa shape index (κ1) is 33.0. The second-order valence-electron chi connectivity index (χ2n) is 11.3. The van der Waals surface area contributed by atoms with E-state index in [1.807, 2.05) is 0 Å². The number of hydrogen-bond acceptors (Lipinski definition) is 6. The highest BCUT2D eigenvalue weighted by Gasteiger charge is 2.54.